The Morgan fingerprint density at radius 2 is 2.12 bits per heavy atom. The van der Waals surface area contributed by atoms with E-state index in [0.717, 1.165) is 15.6 Å². The highest BCUT2D eigenvalue weighted by Crippen LogP contribution is 2.25. The van der Waals surface area contributed by atoms with Gasteiger partial charge in [-0.1, -0.05) is 18.2 Å². The number of benzene rings is 1. The van der Waals surface area contributed by atoms with Crippen LogP contribution in [0.25, 0.3) is 10.1 Å². The van der Waals surface area contributed by atoms with E-state index in [1.165, 1.54) is 7.11 Å². The van der Waals surface area contributed by atoms with Crippen LogP contribution in [0.3, 0.4) is 0 Å². The number of hydrogen-bond acceptors (Lipinski definition) is 4. The number of amides is 1. The minimum Gasteiger partial charge on any atom is -0.462 e. The van der Waals surface area contributed by atoms with Crippen molar-refractivity contribution in [1.82, 2.24) is 5.32 Å². The number of methoxy groups -OCH3 is 1. The Labute approximate surface area is 102 Å². The lowest BCUT2D eigenvalue weighted by Crippen LogP contribution is -2.31. The highest BCUT2D eigenvalue weighted by molar-refractivity contribution is 7.17. The quantitative estimate of drug-likeness (QED) is 0.651. The van der Waals surface area contributed by atoms with Gasteiger partial charge in [0.05, 0.1) is 7.11 Å². The third-order valence-electron chi connectivity index (χ3n) is 2.37. The summed E-state index contributed by atoms with van der Waals surface area (Å²) in [5, 5.41) is 5.60. The fourth-order valence-electron chi connectivity index (χ4n) is 1.51. The van der Waals surface area contributed by atoms with Gasteiger partial charge < -0.3 is 10.1 Å². The molecule has 0 radical (unpaired) electrons. The van der Waals surface area contributed by atoms with E-state index in [-0.39, 0.29) is 0 Å². The SMILES string of the molecule is COC(=O)C(=O)NCc1csc2ccccc12. The highest BCUT2D eigenvalue weighted by Gasteiger charge is 2.13. The third kappa shape index (κ3) is 2.45. The molecule has 0 fully saturated rings. The molecule has 1 N–H and O–H groups in total. The molecule has 0 aliphatic carbocycles. The summed E-state index contributed by atoms with van der Waals surface area (Å²) in [6.07, 6.45) is 0. The van der Waals surface area contributed by atoms with Crippen molar-refractivity contribution >= 4 is 33.3 Å². The summed E-state index contributed by atoms with van der Waals surface area (Å²) in [6, 6.07) is 7.92. The zero-order valence-corrected chi connectivity index (χ0v) is 10.0. The number of rotatable bonds is 2. The summed E-state index contributed by atoms with van der Waals surface area (Å²) in [4.78, 5) is 22.1. The van der Waals surface area contributed by atoms with E-state index >= 15 is 0 Å². The Morgan fingerprint density at radius 1 is 1.35 bits per heavy atom. The summed E-state index contributed by atoms with van der Waals surface area (Å²) in [5.74, 6) is -1.59. The molecule has 0 atom stereocenters. The van der Waals surface area contributed by atoms with E-state index in [1.807, 2.05) is 29.6 Å². The predicted octanol–water partition coefficient (Wildman–Crippen LogP) is 1.69. The van der Waals surface area contributed by atoms with Crippen LogP contribution in [0.15, 0.2) is 29.6 Å². The Balaban J connectivity index is 2.09. The van der Waals surface area contributed by atoms with Gasteiger partial charge in [-0.15, -0.1) is 11.3 Å². The number of carbonyl (C=O) groups excluding carboxylic acids is 2. The minimum absolute atomic E-state index is 0.331. The Bertz CT molecular complexity index is 562. The largest absolute Gasteiger partial charge is 0.462 e. The van der Waals surface area contributed by atoms with Gasteiger partial charge in [-0.2, -0.15) is 0 Å². The molecule has 0 aliphatic heterocycles. The maximum atomic E-state index is 11.2. The normalized spacial score (nSPS) is 10.2. The molecule has 1 aromatic carbocycles. The van der Waals surface area contributed by atoms with Crippen LogP contribution in [0.4, 0.5) is 0 Å². The highest BCUT2D eigenvalue weighted by atomic mass is 32.1. The van der Waals surface area contributed by atoms with Crippen LogP contribution in [0, 0.1) is 0 Å². The van der Waals surface area contributed by atoms with Crippen LogP contribution >= 0.6 is 11.3 Å². The summed E-state index contributed by atoms with van der Waals surface area (Å²) in [6.45, 7) is 0.331. The van der Waals surface area contributed by atoms with Gasteiger partial charge in [0.1, 0.15) is 0 Å². The number of thiophene rings is 1. The smallest absolute Gasteiger partial charge is 0.396 e. The first-order valence-corrected chi connectivity index (χ1v) is 5.91. The number of hydrogen-bond donors (Lipinski definition) is 1. The fourth-order valence-corrected chi connectivity index (χ4v) is 2.47. The Morgan fingerprint density at radius 3 is 2.88 bits per heavy atom. The monoisotopic (exact) mass is 249 g/mol. The van der Waals surface area contributed by atoms with Crippen LogP contribution in [-0.2, 0) is 20.9 Å². The van der Waals surface area contributed by atoms with Crippen molar-refractivity contribution in [2.45, 2.75) is 6.54 Å². The van der Waals surface area contributed by atoms with Crippen LogP contribution < -0.4 is 5.32 Å². The second-order valence-corrected chi connectivity index (χ2v) is 4.34. The average molecular weight is 249 g/mol. The van der Waals surface area contributed by atoms with E-state index in [9.17, 15) is 9.59 Å². The van der Waals surface area contributed by atoms with Gasteiger partial charge in [-0.3, -0.25) is 4.79 Å². The Hall–Kier alpha value is -1.88. The molecule has 5 heteroatoms. The van der Waals surface area contributed by atoms with Crippen molar-refractivity contribution < 1.29 is 14.3 Å². The zero-order chi connectivity index (χ0) is 12.3. The van der Waals surface area contributed by atoms with Crippen molar-refractivity contribution in [3.63, 3.8) is 0 Å². The number of ether oxygens (including phenoxy) is 1. The van der Waals surface area contributed by atoms with Gasteiger partial charge in [-0.05, 0) is 22.4 Å². The van der Waals surface area contributed by atoms with Gasteiger partial charge in [-0.25, -0.2) is 4.79 Å². The van der Waals surface area contributed by atoms with Crippen molar-refractivity contribution in [2.75, 3.05) is 7.11 Å². The van der Waals surface area contributed by atoms with Gasteiger partial charge in [0.15, 0.2) is 0 Å². The molecule has 1 heterocycles. The van der Waals surface area contributed by atoms with Crippen molar-refractivity contribution in [1.29, 1.82) is 0 Å². The molecule has 88 valence electrons. The lowest BCUT2D eigenvalue weighted by Gasteiger charge is -2.02. The zero-order valence-electron chi connectivity index (χ0n) is 9.23. The van der Waals surface area contributed by atoms with Crippen LogP contribution in [0.2, 0.25) is 0 Å². The predicted molar refractivity (Wildman–Crippen MR) is 65.7 cm³/mol. The van der Waals surface area contributed by atoms with Crippen LogP contribution in [0.1, 0.15) is 5.56 Å². The van der Waals surface area contributed by atoms with Gasteiger partial charge in [0, 0.05) is 11.2 Å². The van der Waals surface area contributed by atoms with E-state index in [4.69, 9.17) is 0 Å². The van der Waals surface area contributed by atoms with Crippen molar-refractivity contribution in [2.24, 2.45) is 0 Å². The second kappa shape index (κ2) is 4.97. The molecule has 0 spiro atoms. The summed E-state index contributed by atoms with van der Waals surface area (Å²) < 4.78 is 5.48. The van der Waals surface area contributed by atoms with Crippen LogP contribution in [0.5, 0.6) is 0 Å². The first kappa shape index (κ1) is 11.6. The molecule has 0 saturated carbocycles. The molecule has 2 aromatic rings. The van der Waals surface area contributed by atoms with E-state index in [0.29, 0.717) is 6.54 Å². The maximum Gasteiger partial charge on any atom is 0.396 e. The molecule has 1 amide bonds. The first-order valence-electron chi connectivity index (χ1n) is 5.03. The number of fused-ring (bicyclic) bond motifs is 1. The lowest BCUT2D eigenvalue weighted by atomic mass is 10.2. The molecule has 17 heavy (non-hydrogen) atoms. The fraction of sp³-hybridized carbons (Fsp3) is 0.167. The molecule has 0 unspecified atom stereocenters. The molecule has 0 saturated heterocycles. The molecule has 0 bridgehead atoms. The van der Waals surface area contributed by atoms with Crippen molar-refractivity contribution in [3.05, 3.63) is 35.2 Å². The summed E-state index contributed by atoms with van der Waals surface area (Å²) in [7, 11) is 1.18. The number of esters is 1. The molecular weight excluding hydrogens is 238 g/mol. The first-order chi connectivity index (χ1) is 8.22. The van der Waals surface area contributed by atoms with E-state index < -0.39 is 11.9 Å². The third-order valence-corrected chi connectivity index (χ3v) is 3.38. The van der Waals surface area contributed by atoms with Gasteiger partial charge >= 0.3 is 11.9 Å². The average Bonchev–Trinajstić information content (AvgIpc) is 2.78. The topological polar surface area (TPSA) is 55.4 Å². The summed E-state index contributed by atoms with van der Waals surface area (Å²) >= 11 is 1.61. The summed E-state index contributed by atoms with van der Waals surface area (Å²) in [5.41, 5.74) is 1.00. The lowest BCUT2D eigenvalue weighted by molar-refractivity contribution is -0.152. The molecule has 2 rings (SSSR count). The number of nitrogens with one attached hydrogen (secondary N) is 1. The molecule has 4 nitrogen and oxygen atoms in total. The molecular formula is C12H11NO3S. The van der Waals surface area contributed by atoms with E-state index in [1.54, 1.807) is 11.3 Å². The Kier molecular flexibility index (Phi) is 3.39. The maximum absolute atomic E-state index is 11.2. The molecule has 0 aliphatic rings. The second-order valence-electron chi connectivity index (χ2n) is 3.43. The van der Waals surface area contributed by atoms with Gasteiger partial charge in [0.2, 0.25) is 0 Å². The molecule has 1 aromatic heterocycles. The van der Waals surface area contributed by atoms with Gasteiger partial charge in [0.25, 0.3) is 0 Å². The number of carbonyl (C=O) groups is 2. The standard InChI is InChI=1S/C12H11NO3S/c1-16-12(15)11(14)13-6-8-7-17-10-5-3-2-4-9(8)10/h2-5,7H,6H2,1H3,(H,13,14). The van der Waals surface area contributed by atoms with E-state index in [2.05, 4.69) is 10.1 Å². The van der Waals surface area contributed by atoms with Crippen molar-refractivity contribution in [3.8, 4) is 0 Å². The van der Waals surface area contributed by atoms with Crippen LogP contribution in [-0.4, -0.2) is 19.0 Å². The minimum atomic E-state index is -0.871.